The van der Waals surface area contributed by atoms with Crippen molar-refractivity contribution in [2.45, 2.75) is 34.6 Å². The van der Waals surface area contributed by atoms with Crippen molar-refractivity contribution in [3.05, 3.63) is 0 Å². The van der Waals surface area contributed by atoms with Gasteiger partial charge in [-0.05, 0) is 30.3 Å². The molecule has 0 spiro atoms. The van der Waals surface area contributed by atoms with E-state index in [1.807, 2.05) is 0 Å². The van der Waals surface area contributed by atoms with E-state index in [0.29, 0.717) is 5.41 Å². The quantitative estimate of drug-likeness (QED) is 0.717. The van der Waals surface area contributed by atoms with Crippen molar-refractivity contribution >= 4 is 0 Å². The van der Waals surface area contributed by atoms with Crippen LogP contribution in [0.25, 0.3) is 0 Å². The molecule has 15 heavy (non-hydrogen) atoms. The van der Waals surface area contributed by atoms with E-state index in [1.54, 1.807) is 0 Å². The average Bonchev–Trinajstić information content (AvgIpc) is 1.97. The van der Waals surface area contributed by atoms with Gasteiger partial charge in [-0.15, -0.1) is 0 Å². The van der Waals surface area contributed by atoms with E-state index in [4.69, 9.17) is 0 Å². The maximum atomic E-state index is 3.54. The SMILES string of the molecule is CC1CNCC(C)CN(CC(C)(C)C)C1. The second-order valence-electron chi connectivity index (χ2n) is 6.62. The first-order chi connectivity index (χ1) is 6.87. The summed E-state index contributed by atoms with van der Waals surface area (Å²) in [5, 5.41) is 3.54. The van der Waals surface area contributed by atoms with Gasteiger partial charge in [-0.25, -0.2) is 0 Å². The summed E-state index contributed by atoms with van der Waals surface area (Å²) in [4.78, 5) is 2.65. The Kier molecular flexibility index (Phi) is 4.60. The highest BCUT2D eigenvalue weighted by Gasteiger charge is 2.21. The lowest BCUT2D eigenvalue weighted by Gasteiger charge is -2.35. The Hall–Kier alpha value is -0.0800. The summed E-state index contributed by atoms with van der Waals surface area (Å²) in [7, 11) is 0. The number of nitrogens with one attached hydrogen (secondary N) is 1. The van der Waals surface area contributed by atoms with E-state index in [2.05, 4.69) is 44.8 Å². The molecule has 0 aromatic rings. The molecule has 0 aliphatic carbocycles. The maximum Gasteiger partial charge on any atom is 0.00303 e. The molecule has 0 aromatic carbocycles. The minimum absolute atomic E-state index is 0.423. The fraction of sp³-hybridized carbons (Fsp3) is 1.00. The Labute approximate surface area is 95.4 Å². The molecule has 0 radical (unpaired) electrons. The highest BCUT2D eigenvalue weighted by atomic mass is 15.1. The molecule has 1 aliphatic rings. The molecule has 1 saturated heterocycles. The lowest BCUT2D eigenvalue weighted by Crippen LogP contribution is -2.45. The third kappa shape index (κ3) is 5.53. The normalized spacial score (nSPS) is 31.0. The fourth-order valence-electron chi connectivity index (χ4n) is 2.46. The third-order valence-corrected chi connectivity index (χ3v) is 2.82. The van der Waals surface area contributed by atoms with Gasteiger partial charge in [0.25, 0.3) is 0 Å². The Bertz CT molecular complexity index is 171. The number of hydrogen-bond acceptors (Lipinski definition) is 2. The molecule has 90 valence electrons. The Morgan fingerprint density at radius 2 is 1.53 bits per heavy atom. The van der Waals surface area contributed by atoms with Crippen LogP contribution in [-0.4, -0.2) is 37.6 Å². The molecule has 1 heterocycles. The van der Waals surface area contributed by atoms with Crippen molar-refractivity contribution in [1.82, 2.24) is 10.2 Å². The van der Waals surface area contributed by atoms with Crippen LogP contribution in [-0.2, 0) is 0 Å². The second kappa shape index (κ2) is 5.31. The minimum atomic E-state index is 0.423. The van der Waals surface area contributed by atoms with Crippen molar-refractivity contribution in [3.8, 4) is 0 Å². The minimum Gasteiger partial charge on any atom is -0.316 e. The first-order valence-corrected chi connectivity index (χ1v) is 6.30. The van der Waals surface area contributed by atoms with E-state index in [1.165, 1.54) is 32.7 Å². The van der Waals surface area contributed by atoms with Gasteiger partial charge in [0.05, 0.1) is 0 Å². The summed E-state index contributed by atoms with van der Waals surface area (Å²) in [5.74, 6) is 1.56. The van der Waals surface area contributed by atoms with Gasteiger partial charge in [0.1, 0.15) is 0 Å². The summed E-state index contributed by atoms with van der Waals surface area (Å²) in [5.41, 5.74) is 0.423. The van der Waals surface area contributed by atoms with Gasteiger partial charge >= 0.3 is 0 Å². The molecule has 1 aliphatic heterocycles. The zero-order valence-corrected chi connectivity index (χ0v) is 11.1. The topological polar surface area (TPSA) is 15.3 Å². The molecule has 1 fully saturated rings. The second-order valence-corrected chi connectivity index (χ2v) is 6.62. The van der Waals surface area contributed by atoms with Crippen LogP contribution in [0.15, 0.2) is 0 Å². The largest absolute Gasteiger partial charge is 0.316 e. The van der Waals surface area contributed by atoms with Crippen LogP contribution < -0.4 is 5.32 Å². The van der Waals surface area contributed by atoms with Gasteiger partial charge in [0, 0.05) is 19.6 Å². The zero-order valence-electron chi connectivity index (χ0n) is 11.1. The van der Waals surface area contributed by atoms with Crippen LogP contribution in [0.3, 0.4) is 0 Å². The molecule has 2 nitrogen and oxygen atoms in total. The standard InChI is InChI=1S/C13H28N2/c1-11-6-14-7-12(2)9-15(8-11)10-13(3,4)5/h11-12,14H,6-10H2,1-5H3. The van der Waals surface area contributed by atoms with Gasteiger partial charge in [-0.3, -0.25) is 0 Å². The Morgan fingerprint density at radius 3 is 1.93 bits per heavy atom. The number of nitrogens with zero attached hydrogens (tertiary/aromatic N) is 1. The predicted octanol–water partition coefficient (Wildman–Crippen LogP) is 2.21. The van der Waals surface area contributed by atoms with E-state index >= 15 is 0 Å². The van der Waals surface area contributed by atoms with Crippen molar-refractivity contribution in [2.24, 2.45) is 17.3 Å². The Balaban J connectivity index is 2.50. The molecule has 1 N–H and O–H groups in total. The van der Waals surface area contributed by atoms with Gasteiger partial charge in [-0.2, -0.15) is 0 Å². The highest BCUT2D eigenvalue weighted by molar-refractivity contribution is 4.76. The van der Waals surface area contributed by atoms with Gasteiger partial charge in [0.2, 0.25) is 0 Å². The predicted molar refractivity (Wildman–Crippen MR) is 67.1 cm³/mol. The summed E-state index contributed by atoms with van der Waals surface area (Å²) in [6, 6.07) is 0. The molecule has 0 saturated carbocycles. The van der Waals surface area contributed by atoms with Crippen molar-refractivity contribution < 1.29 is 0 Å². The third-order valence-electron chi connectivity index (χ3n) is 2.82. The van der Waals surface area contributed by atoms with E-state index in [9.17, 15) is 0 Å². The van der Waals surface area contributed by atoms with E-state index in [-0.39, 0.29) is 0 Å². The highest BCUT2D eigenvalue weighted by Crippen LogP contribution is 2.18. The van der Waals surface area contributed by atoms with Crippen molar-refractivity contribution in [3.63, 3.8) is 0 Å². The van der Waals surface area contributed by atoms with Crippen LogP contribution in [0, 0.1) is 17.3 Å². The van der Waals surface area contributed by atoms with Crippen LogP contribution in [0.1, 0.15) is 34.6 Å². The van der Waals surface area contributed by atoms with Crippen LogP contribution in [0.2, 0.25) is 0 Å². The average molecular weight is 212 g/mol. The first-order valence-electron chi connectivity index (χ1n) is 6.30. The van der Waals surface area contributed by atoms with Crippen LogP contribution >= 0.6 is 0 Å². The summed E-state index contributed by atoms with van der Waals surface area (Å²) >= 11 is 0. The van der Waals surface area contributed by atoms with Crippen LogP contribution in [0.4, 0.5) is 0 Å². The fourth-order valence-corrected chi connectivity index (χ4v) is 2.46. The molecule has 1 rings (SSSR count). The first kappa shape index (κ1) is 13.0. The summed E-state index contributed by atoms with van der Waals surface area (Å²) < 4.78 is 0. The monoisotopic (exact) mass is 212 g/mol. The van der Waals surface area contributed by atoms with E-state index in [0.717, 1.165) is 11.8 Å². The van der Waals surface area contributed by atoms with Crippen molar-refractivity contribution in [2.75, 3.05) is 32.7 Å². The lowest BCUT2D eigenvalue weighted by atomic mass is 9.94. The van der Waals surface area contributed by atoms with Gasteiger partial charge < -0.3 is 10.2 Å². The van der Waals surface area contributed by atoms with E-state index < -0.39 is 0 Å². The van der Waals surface area contributed by atoms with Crippen LogP contribution in [0.5, 0.6) is 0 Å². The molecule has 0 amide bonds. The number of rotatable bonds is 1. The van der Waals surface area contributed by atoms with Gasteiger partial charge in [0.15, 0.2) is 0 Å². The molecular formula is C13H28N2. The molecule has 2 unspecified atom stereocenters. The molecule has 0 bridgehead atoms. The Morgan fingerprint density at radius 1 is 1.07 bits per heavy atom. The zero-order chi connectivity index (χ0) is 11.5. The lowest BCUT2D eigenvalue weighted by molar-refractivity contribution is 0.137. The molecular weight excluding hydrogens is 184 g/mol. The smallest absolute Gasteiger partial charge is 0.00303 e. The molecule has 2 heteroatoms. The number of hydrogen-bond donors (Lipinski definition) is 1. The molecule has 2 atom stereocenters. The summed E-state index contributed by atoms with van der Waals surface area (Å²) in [6.45, 7) is 17.7. The maximum absolute atomic E-state index is 3.54. The van der Waals surface area contributed by atoms with Gasteiger partial charge in [-0.1, -0.05) is 34.6 Å². The molecule has 0 aromatic heterocycles. The van der Waals surface area contributed by atoms with Crippen molar-refractivity contribution in [1.29, 1.82) is 0 Å². The summed E-state index contributed by atoms with van der Waals surface area (Å²) in [6.07, 6.45) is 0.